The number of nitrogens with one attached hydrogen (secondary N) is 1. The van der Waals surface area contributed by atoms with E-state index in [0.29, 0.717) is 0 Å². The fraction of sp³-hybridized carbons (Fsp3) is 0.600. The number of carboxylic acids is 2. The van der Waals surface area contributed by atoms with Gasteiger partial charge in [0.15, 0.2) is 0 Å². The number of hydrogen-bond acceptors (Lipinski definition) is 4. The summed E-state index contributed by atoms with van der Waals surface area (Å²) in [6.07, 6.45) is 0. The van der Waals surface area contributed by atoms with Gasteiger partial charge in [-0.3, -0.25) is 5.32 Å². The third kappa shape index (κ3) is 5.50. The molecule has 12 heavy (non-hydrogen) atoms. The molecule has 0 aromatic rings. The van der Waals surface area contributed by atoms with Gasteiger partial charge in [-0.25, -0.2) is 9.59 Å². The maximum absolute atomic E-state index is 10.2. The Balaban J connectivity index is 0. The Hall–Kier alpha value is -0.140. The molecule has 0 unspecified atom stereocenters. The number of hydrogen-bond donors (Lipinski definition) is 4. The van der Waals surface area contributed by atoms with Crippen molar-refractivity contribution in [3.8, 4) is 0 Å². The van der Waals surface area contributed by atoms with E-state index in [1.165, 1.54) is 0 Å². The van der Waals surface area contributed by atoms with Crippen LogP contribution in [-0.4, -0.2) is 70.8 Å². The number of nitrogens with two attached hydrogens (primary N) is 1. The summed E-state index contributed by atoms with van der Waals surface area (Å²) in [5.74, 6) is -2.82. The standard InChI is InChI=1S/C5H10N2O4.Na.H/c6-1-2-7-3(4(8)9)5(10)11;;/h3,7H,1-2,6H2,(H,8,9)(H,10,11);;. The molecule has 0 atom stereocenters. The topological polar surface area (TPSA) is 113 Å². The molecule has 0 fully saturated rings. The van der Waals surface area contributed by atoms with E-state index in [1.807, 2.05) is 0 Å². The van der Waals surface area contributed by atoms with Crippen LogP contribution in [0, 0.1) is 0 Å². The van der Waals surface area contributed by atoms with Crippen molar-refractivity contribution in [1.82, 2.24) is 5.32 Å². The molecule has 0 aliphatic heterocycles. The molecule has 7 heteroatoms. The number of aliphatic carboxylic acids is 2. The zero-order valence-electron chi connectivity index (χ0n) is 5.78. The van der Waals surface area contributed by atoms with Crippen LogP contribution in [0.5, 0.6) is 0 Å². The van der Waals surface area contributed by atoms with Gasteiger partial charge in [0.2, 0.25) is 6.04 Å². The van der Waals surface area contributed by atoms with Gasteiger partial charge in [-0.15, -0.1) is 0 Å². The second kappa shape index (κ2) is 7.51. The second-order valence-electron chi connectivity index (χ2n) is 1.85. The molecule has 0 spiro atoms. The van der Waals surface area contributed by atoms with Gasteiger partial charge < -0.3 is 15.9 Å². The van der Waals surface area contributed by atoms with Gasteiger partial charge in [-0.05, 0) is 0 Å². The molecule has 0 bridgehead atoms. The molecule has 0 amide bonds. The SMILES string of the molecule is NCCNC(C(=O)O)C(=O)O.[NaH]. The Kier molecular flexibility index (Phi) is 9.00. The second-order valence-corrected chi connectivity index (χ2v) is 1.85. The molecule has 0 aliphatic carbocycles. The van der Waals surface area contributed by atoms with Crippen LogP contribution in [0.25, 0.3) is 0 Å². The Bertz CT molecular complexity index is 150. The van der Waals surface area contributed by atoms with Crippen LogP contribution in [0.3, 0.4) is 0 Å². The molecule has 6 nitrogen and oxygen atoms in total. The van der Waals surface area contributed by atoms with Crippen molar-refractivity contribution in [1.29, 1.82) is 0 Å². The Morgan fingerprint density at radius 3 is 2.00 bits per heavy atom. The molecule has 0 aromatic heterocycles. The fourth-order valence-corrected chi connectivity index (χ4v) is 0.508. The summed E-state index contributed by atoms with van der Waals surface area (Å²) < 4.78 is 0. The molecular formula is C5H11N2NaO4. The van der Waals surface area contributed by atoms with Crippen molar-refractivity contribution < 1.29 is 19.8 Å². The Morgan fingerprint density at radius 1 is 1.33 bits per heavy atom. The summed E-state index contributed by atoms with van der Waals surface area (Å²) >= 11 is 0. The molecule has 0 radical (unpaired) electrons. The normalized spacial score (nSPS) is 9.17. The van der Waals surface area contributed by atoms with Gasteiger partial charge in [-0.1, -0.05) is 0 Å². The molecule has 66 valence electrons. The molecule has 0 saturated heterocycles. The van der Waals surface area contributed by atoms with Gasteiger partial charge in [0, 0.05) is 13.1 Å². The quantitative estimate of drug-likeness (QED) is 0.277. The molecule has 0 rings (SSSR count). The first-order valence-corrected chi connectivity index (χ1v) is 2.98. The third-order valence-electron chi connectivity index (χ3n) is 0.987. The van der Waals surface area contributed by atoms with Crippen LogP contribution in [0.1, 0.15) is 0 Å². The summed E-state index contributed by atoms with van der Waals surface area (Å²) in [4.78, 5) is 20.3. The summed E-state index contributed by atoms with van der Waals surface area (Å²) in [6.45, 7) is 0.375. The van der Waals surface area contributed by atoms with Crippen molar-refractivity contribution >= 4 is 41.5 Å². The van der Waals surface area contributed by atoms with E-state index >= 15 is 0 Å². The van der Waals surface area contributed by atoms with Crippen LogP contribution < -0.4 is 11.1 Å². The van der Waals surface area contributed by atoms with Crippen molar-refractivity contribution in [3.05, 3.63) is 0 Å². The van der Waals surface area contributed by atoms with Gasteiger partial charge in [0.05, 0.1) is 0 Å². The van der Waals surface area contributed by atoms with Gasteiger partial charge in [0.25, 0.3) is 0 Å². The zero-order valence-corrected chi connectivity index (χ0v) is 5.78. The van der Waals surface area contributed by atoms with Gasteiger partial charge in [-0.2, -0.15) is 0 Å². The molecular weight excluding hydrogens is 175 g/mol. The Labute approximate surface area is 91.4 Å². The molecule has 0 saturated carbocycles. The first-order valence-electron chi connectivity index (χ1n) is 2.98. The van der Waals surface area contributed by atoms with Crippen molar-refractivity contribution in [3.63, 3.8) is 0 Å². The summed E-state index contributed by atoms with van der Waals surface area (Å²) in [7, 11) is 0. The minimum absolute atomic E-state index is 0. The average Bonchev–Trinajstić information content (AvgIpc) is 1.87. The average molecular weight is 186 g/mol. The van der Waals surface area contributed by atoms with E-state index in [2.05, 4.69) is 5.32 Å². The van der Waals surface area contributed by atoms with Crippen molar-refractivity contribution in [2.24, 2.45) is 5.73 Å². The first kappa shape index (κ1) is 14.4. The van der Waals surface area contributed by atoms with Gasteiger partial charge >= 0.3 is 41.5 Å². The van der Waals surface area contributed by atoms with E-state index in [9.17, 15) is 9.59 Å². The summed E-state index contributed by atoms with van der Waals surface area (Å²) in [5, 5.41) is 18.8. The number of carboxylic acid groups (broad SMARTS) is 2. The third-order valence-corrected chi connectivity index (χ3v) is 0.987. The van der Waals surface area contributed by atoms with E-state index in [0.717, 1.165) is 0 Å². The Morgan fingerprint density at radius 2 is 1.75 bits per heavy atom. The number of carbonyl (C=O) groups is 2. The van der Waals surface area contributed by atoms with Crippen LogP contribution in [0.4, 0.5) is 0 Å². The molecule has 5 N–H and O–H groups in total. The zero-order chi connectivity index (χ0) is 8.85. The molecule has 0 heterocycles. The van der Waals surface area contributed by atoms with Crippen LogP contribution >= 0.6 is 0 Å². The van der Waals surface area contributed by atoms with Crippen molar-refractivity contribution in [2.45, 2.75) is 6.04 Å². The summed E-state index contributed by atoms with van der Waals surface area (Å²) in [5.41, 5.74) is 5.03. The summed E-state index contributed by atoms with van der Waals surface area (Å²) in [6, 6.07) is -1.56. The maximum atomic E-state index is 10.2. The van der Waals surface area contributed by atoms with Crippen LogP contribution in [0.15, 0.2) is 0 Å². The monoisotopic (exact) mass is 186 g/mol. The van der Waals surface area contributed by atoms with E-state index in [4.69, 9.17) is 15.9 Å². The van der Waals surface area contributed by atoms with E-state index in [-0.39, 0.29) is 42.6 Å². The van der Waals surface area contributed by atoms with Crippen molar-refractivity contribution in [2.75, 3.05) is 13.1 Å². The predicted octanol–water partition coefficient (Wildman–Crippen LogP) is -2.58. The predicted molar refractivity (Wildman–Crippen MR) is 43.3 cm³/mol. The minimum atomic E-state index is -1.56. The van der Waals surface area contributed by atoms with Crippen LogP contribution in [0.2, 0.25) is 0 Å². The first-order chi connectivity index (χ1) is 5.09. The van der Waals surface area contributed by atoms with Gasteiger partial charge in [0.1, 0.15) is 0 Å². The van der Waals surface area contributed by atoms with E-state index < -0.39 is 18.0 Å². The van der Waals surface area contributed by atoms with E-state index in [1.54, 1.807) is 0 Å². The fourth-order valence-electron chi connectivity index (χ4n) is 0.508. The molecule has 0 aromatic carbocycles. The number of rotatable bonds is 5. The molecule has 0 aliphatic rings. The van der Waals surface area contributed by atoms with Crippen LogP contribution in [-0.2, 0) is 9.59 Å².